The van der Waals surface area contributed by atoms with Crippen molar-refractivity contribution in [1.82, 2.24) is 9.80 Å². The van der Waals surface area contributed by atoms with Crippen LogP contribution in [0.15, 0.2) is 0 Å². The van der Waals surface area contributed by atoms with E-state index in [1.165, 1.54) is 38.5 Å². The number of hydrogen-bond donors (Lipinski definition) is 1. The molecule has 0 aromatic rings. The molecule has 19 heavy (non-hydrogen) atoms. The summed E-state index contributed by atoms with van der Waals surface area (Å²) in [6.45, 7) is 11.1. The summed E-state index contributed by atoms with van der Waals surface area (Å²) in [4.78, 5) is 4.84. The van der Waals surface area contributed by atoms with E-state index in [4.69, 9.17) is 5.73 Å². The molecule has 3 nitrogen and oxygen atoms in total. The second-order valence-corrected chi connectivity index (χ2v) is 6.25. The van der Waals surface area contributed by atoms with Crippen molar-refractivity contribution in [2.75, 3.05) is 40.3 Å². The van der Waals surface area contributed by atoms with Crippen LogP contribution in [0.5, 0.6) is 0 Å². The summed E-state index contributed by atoms with van der Waals surface area (Å²) in [6, 6.07) is 0. The van der Waals surface area contributed by atoms with Gasteiger partial charge in [-0.05, 0) is 53.5 Å². The number of nitrogens with zero attached hydrogens (tertiary/aromatic N) is 2. The van der Waals surface area contributed by atoms with Crippen LogP contribution in [-0.4, -0.2) is 55.6 Å². The van der Waals surface area contributed by atoms with Crippen LogP contribution in [0.4, 0.5) is 0 Å². The number of hydrogen-bond acceptors (Lipinski definition) is 3. The molecule has 0 aromatic carbocycles. The Labute approximate surface area is 121 Å². The van der Waals surface area contributed by atoms with Crippen LogP contribution >= 0.6 is 0 Å². The fraction of sp³-hybridized carbons (Fsp3) is 1.00. The van der Waals surface area contributed by atoms with Gasteiger partial charge >= 0.3 is 0 Å². The first-order valence-electron chi connectivity index (χ1n) is 8.10. The Morgan fingerprint density at radius 2 is 1.63 bits per heavy atom. The van der Waals surface area contributed by atoms with E-state index in [0.717, 1.165) is 26.2 Å². The summed E-state index contributed by atoms with van der Waals surface area (Å²) < 4.78 is 0. The Kier molecular flexibility index (Phi) is 10.6. The topological polar surface area (TPSA) is 32.5 Å². The maximum Gasteiger partial charge on any atom is 0.0303 e. The highest BCUT2D eigenvalue weighted by Gasteiger charge is 2.28. The Morgan fingerprint density at radius 1 is 0.947 bits per heavy atom. The molecule has 1 unspecified atom stereocenters. The first-order chi connectivity index (χ1) is 9.00. The molecule has 0 amide bonds. The fourth-order valence-electron chi connectivity index (χ4n) is 2.71. The second kappa shape index (κ2) is 10.6. The lowest BCUT2D eigenvalue weighted by Gasteiger charge is -2.40. The average Bonchev–Trinajstić information content (AvgIpc) is 2.39. The van der Waals surface area contributed by atoms with Gasteiger partial charge in [0.25, 0.3) is 0 Å². The molecule has 0 saturated carbocycles. The minimum absolute atomic E-state index is 0.189. The molecule has 0 radical (unpaired) electrons. The molecule has 116 valence electrons. The zero-order valence-electron chi connectivity index (χ0n) is 14.0. The summed E-state index contributed by atoms with van der Waals surface area (Å²) >= 11 is 0. The van der Waals surface area contributed by atoms with Crippen molar-refractivity contribution in [2.45, 2.75) is 64.8 Å². The molecule has 0 bridgehead atoms. The predicted molar refractivity (Wildman–Crippen MR) is 86.6 cm³/mol. The highest BCUT2D eigenvalue weighted by molar-refractivity contribution is 4.87. The van der Waals surface area contributed by atoms with Crippen molar-refractivity contribution in [1.29, 1.82) is 0 Å². The Bertz CT molecular complexity index is 206. The van der Waals surface area contributed by atoms with Crippen LogP contribution in [0.3, 0.4) is 0 Å². The van der Waals surface area contributed by atoms with Gasteiger partial charge in [-0.1, -0.05) is 39.5 Å². The zero-order chi connectivity index (χ0) is 14.7. The summed E-state index contributed by atoms with van der Waals surface area (Å²) in [5.41, 5.74) is 6.27. The van der Waals surface area contributed by atoms with E-state index in [0.29, 0.717) is 0 Å². The molecule has 0 aliphatic heterocycles. The minimum atomic E-state index is 0.189. The van der Waals surface area contributed by atoms with Crippen molar-refractivity contribution >= 4 is 0 Å². The van der Waals surface area contributed by atoms with Gasteiger partial charge < -0.3 is 10.6 Å². The summed E-state index contributed by atoms with van der Waals surface area (Å²) in [5, 5.41) is 0. The van der Waals surface area contributed by atoms with Crippen molar-refractivity contribution in [3.63, 3.8) is 0 Å². The summed E-state index contributed by atoms with van der Waals surface area (Å²) in [5.74, 6) is 0. The highest BCUT2D eigenvalue weighted by Crippen LogP contribution is 2.22. The average molecular weight is 271 g/mol. The van der Waals surface area contributed by atoms with Gasteiger partial charge in [-0.3, -0.25) is 4.90 Å². The van der Waals surface area contributed by atoms with Gasteiger partial charge in [-0.2, -0.15) is 0 Å². The molecule has 0 spiro atoms. The fourth-order valence-corrected chi connectivity index (χ4v) is 2.71. The quantitative estimate of drug-likeness (QED) is 0.554. The molecule has 0 heterocycles. The lowest BCUT2D eigenvalue weighted by molar-refractivity contribution is 0.100. The normalized spacial score (nSPS) is 15.2. The summed E-state index contributed by atoms with van der Waals surface area (Å²) in [6.07, 6.45) is 7.78. The summed E-state index contributed by atoms with van der Waals surface area (Å²) in [7, 11) is 4.28. The van der Waals surface area contributed by atoms with Crippen LogP contribution in [-0.2, 0) is 0 Å². The van der Waals surface area contributed by atoms with Crippen molar-refractivity contribution in [3.8, 4) is 0 Å². The third-order valence-corrected chi connectivity index (χ3v) is 4.19. The van der Waals surface area contributed by atoms with Crippen molar-refractivity contribution in [3.05, 3.63) is 0 Å². The standard InChI is InChI=1S/C16H37N3/c1-6-8-9-10-12-16(3,15-17)19(7-2)14-11-13-18(4)5/h6-15,17H2,1-5H3. The monoisotopic (exact) mass is 271 g/mol. The SMILES string of the molecule is CCCCCCC(C)(CN)N(CC)CCCN(C)C. The zero-order valence-corrected chi connectivity index (χ0v) is 14.0. The van der Waals surface area contributed by atoms with Gasteiger partial charge in [0.05, 0.1) is 0 Å². The maximum absolute atomic E-state index is 6.08. The molecule has 0 aliphatic rings. The smallest absolute Gasteiger partial charge is 0.0303 e. The van der Waals surface area contributed by atoms with Gasteiger partial charge in [0.2, 0.25) is 0 Å². The highest BCUT2D eigenvalue weighted by atomic mass is 15.2. The van der Waals surface area contributed by atoms with Crippen LogP contribution in [0.2, 0.25) is 0 Å². The molecule has 0 rings (SSSR count). The number of unbranched alkanes of at least 4 members (excludes halogenated alkanes) is 3. The van der Waals surface area contributed by atoms with E-state index < -0.39 is 0 Å². The van der Waals surface area contributed by atoms with Gasteiger partial charge in [0.15, 0.2) is 0 Å². The van der Waals surface area contributed by atoms with E-state index >= 15 is 0 Å². The Morgan fingerprint density at radius 3 is 2.11 bits per heavy atom. The van der Waals surface area contributed by atoms with E-state index in [1.807, 2.05) is 0 Å². The van der Waals surface area contributed by atoms with E-state index in [-0.39, 0.29) is 5.54 Å². The molecular formula is C16H37N3. The maximum atomic E-state index is 6.08. The van der Waals surface area contributed by atoms with Gasteiger partial charge in [0.1, 0.15) is 0 Å². The van der Waals surface area contributed by atoms with Crippen molar-refractivity contribution < 1.29 is 0 Å². The number of rotatable bonds is 12. The molecule has 0 saturated heterocycles. The lowest BCUT2D eigenvalue weighted by Crippen LogP contribution is -2.52. The number of nitrogens with two attached hydrogens (primary N) is 1. The molecule has 2 N–H and O–H groups in total. The van der Waals surface area contributed by atoms with Crippen LogP contribution in [0, 0.1) is 0 Å². The van der Waals surface area contributed by atoms with Gasteiger partial charge in [-0.25, -0.2) is 0 Å². The van der Waals surface area contributed by atoms with Gasteiger partial charge in [-0.15, -0.1) is 0 Å². The molecule has 0 fully saturated rings. The molecule has 0 aromatic heterocycles. The second-order valence-electron chi connectivity index (χ2n) is 6.25. The largest absolute Gasteiger partial charge is 0.329 e. The number of likely N-dealkylation sites (N-methyl/N-ethyl adjacent to an activating group) is 1. The molecule has 3 heteroatoms. The van der Waals surface area contributed by atoms with Crippen LogP contribution in [0.1, 0.15) is 59.3 Å². The molecular weight excluding hydrogens is 234 g/mol. The van der Waals surface area contributed by atoms with E-state index in [1.54, 1.807) is 0 Å². The lowest BCUT2D eigenvalue weighted by atomic mass is 9.91. The third-order valence-electron chi connectivity index (χ3n) is 4.19. The minimum Gasteiger partial charge on any atom is -0.329 e. The Balaban J connectivity index is 4.22. The predicted octanol–water partition coefficient (Wildman–Crippen LogP) is 2.95. The third kappa shape index (κ3) is 7.91. The van der Waals surface area contributed by atoms with E-state index in [9.17, 15) is 0 Å². The first-order valence-corrected chi connectivity index (χ1v) is 8.10. The first kappa shape index (κ1) is 18.9. The van der Waals surface area contributed by atoms with Crippen LogP contribution in [0.25, 0.3) is 0 Å². The molecule has 0 aliphatic carbocycles. The van der Waals surface area contributed by atoms with Gasteiger partial charge in [0, 0.05) is 12.1 Å². The van der Waals surface area contributed by atoms with Crippen LogP contribution < -0.4 is 5.73 Å². The van der Waals surface area contributed by atoms with Crippen molar-refractivity contribution in [2.24, 2.45) is 5.73 Å². The Hall–Kier alpha value is -0.120. The molecule has 1 atom stereocenters. The van der Waals surface area contributed by atoms with E-state index in [2.05, 4.69) is 44.7 Å².